The third kappa shape index (κ3) is 4.42. The fourth-order valence-corrected chi connectivity index (χ4v) is 3.98. The third-order valence-electron chi connectivity index (χ3n) is 5.68. The maximum atomic E-state index is 12.4. The number of aromatic nitrogens is 2. The molecule has 1 unspecified atom stereocenters. The van der Waals surface area contributed by atoms with Crippen molar-refractivity contribution in [2.45, 2.75) is 32.1 Å². The van der Waals surface area contributed by atoms with Gasteiger partial charge in [-0.1, -0.05) is 29.4 Å². The van der Waals surface area contributed by atoms with E-state index in [9.17, 15) is 4.79 Å². The van der Waals surface area contributed by atoms with Gasteiger partial charge in [0, 0.05) is 44.7 Å². The van der Waals surface area contributed by atoms with Crippen molar-refractivity contribution in [2.24, 2.45) is 0 Å². The molecule has 2 saturated heterocycles. The Balaban J connectivity index is 1.35. The van der Waals surface area contributed by atoms with Crippen LogP contribution in [0.15, 0.2) is 28.8 Å². The van der Waals surface area contributed by atoms with Gasteiger partial charge >= 0.3 is 0 Å². The Morgan fingerprint density at radius 1 is 1.18 bits per heavy atom. The van der Waals surface area contributed by atoms with E-state index in [1.807, 2.05) is 36.1 Å². The zero-order valence-corrected chi connectivity index (χ0v) is 16.5. The molecule has 0 spiro atoms. The summed E-state index contributed by atoms with van der Waals surface area (Å²) in [5, 5.41) is 4.18. The first-order chi connectivity index (χ1) is 13.7. The molecule has 1 atom stereocenters. The first-order valence-corrected chi connectivity index (χ1v) is 10.2. The van der Waals surface area contributed by atoms with Crippen LogP contribution in [0.25, 0.3) is 11.4 Å². The highest BCUT2D eigenvalue weighted by Gasteiger charge is 2.30. The summed E-state index contributed by atoms with van der Waals surface area (Å²) in [6.07, 6.45) is 2.30. The molecule has 0 aliphatic carbocycles. The molecular weight excluding hydrogens is 356 g/mol. The van der Waals surface area contributed by atoms with E-state index in [0.717, 1.165) is 63.4 Å². The Kier molecular flexibility index (Phi) is 6.02. The molecule has 7 nitrogen and oxygen atoms in total. The van der Waals surface area contributed by atoms with Gasteiger partial charge in [-0.15, -0.1) is 0 Å². The average molecular weight is 384 g/mol. The molecule has 7 heteroatoms. The molecule has 1 aromatic carbocycles. The Labute approximate surface area is 165 Å². The normalized spacial score (nSPS) is 21.2. The number of rotatable bonds is 6. The monoisotopic (exact) mass is 384 g/mol. The highest BCUT2D eigenvalue weighted by molar-refractivity contribution is 5.77. The SMILES string of the molecule is Cc1ccccc1-c1noc(C2CCC(=O)N(CCCN3CCOCC3)C2)n1. The van der Waals surface area contributed by atoms with Crippen molar-refractivity contribution in [2.75, 3.05) is 45.9 Å². The summed E-state index contributed by atoms with van der Waals surface area (Å²) < 4.78 is 11.0. The third-order valence-corrected chi connectivity index (χ3v) is 5.68. The van der Waals surface area contributed by atoms with Gasteiger partial charge in [-0.2, -0.15) is 4.98 Å². The molecule has 2 fully saturated rings. The van der Waals surface area contributed by atoms with Crippen LogP contribution >= 0.6 is 0 Å². The van der Waals surface area contributed by atoms with Crippen LogP contribution in [0.1, 0.15) is 36.6 Å². The van der Waals surface area contributed by atoms with Gasteiger partial charge in [0.25, 0.3) is 0 Å². The number of carbonyl (C=O) groups excluding carboxylic acids is 1. The number of carbonyl (C=O) groups is 1. The number of ether oxygens (including phenoxy) is 1. The van der Waals surface area contributed by atoms with Crippen LogP contribution in [0.3, 0.4) is 0 Å². The average Bonchev–Trinajstić information content (AvgIpc) is 3.20. The number of aryl methyl sites for hydroxylation is 1. The number of nitrogens with zero attached hydrogens (tertiary/aromatic N) is 4. The van der Waals surface area contributed by atoms with Crippen molar-refractivity contribution in [3.63, 3.8) is 0 Å². The van der Waals surface area contributed by atoms with Crippen molar-refractivity contribution >= 4 is 5.91 Å². The maximum Gasteiger partial charge on any atom is 0.231 e. The van der Waals surface area contributed by atoms with E-state index in [1.165, 1.54) is 0 Å². The summed E-state index contributed by atoms with van der Waals surface area (Å²) in [4.78, 5) is 21.4. The van der Waals surface area contributed by atoms with Crippen LogP contribution in [0.5, 0.6) is 0 Å². The molecule has 1 aromatic heterocycles. The number of morpholine rings is 1. The predicted octanol–water partition coefficient (Wildman–Crippen LogP) is 2.47. The Morgan fingerprint density at radius 2 is 2.00 bits per heavy atom. The minimum atomic E-state index is 0.117. The van der Waals surface area contributed by atoms with Crippen LogP contribution in [-0.2, 0) is 9.53 Å². The zero-order valence-electron chi connectivity index (χ0n) is 16.5. The van der Waals surface area contributed by atoms with E-state index in [2.05, 4.69) is 15.0 Å². The van der Waals surface area contributed by atoms with E-state index in [0.29, 0.717) is 24.7 Å². The van der Waals surface area contributed by atoms with Crippen molar-refractivity contribution in [3.05, 3.63) is 35.7 Å². The second kappa shape index (κ2) is 8.84. The Morgan fingerprint density at radius 3 is 2.82 bits per heavy atom. The largest absolute Gasteiger partial charge is 0.379 e. The highest BCUT2D eigenvalue weighted by atomic mass is 16.5. The lowest BCUT2D eigenvalue weighted by atomic mass is 9.97. The quantitative estimate of drug-likeness (QED) is 0.762. The Bertz CT molecular complexity index is 800. The Hall–Kier alpha value is -2.25. The molecule has 4 rings (SSSR count). The predicted molar refractivity (Wildman–Crippen MR) is 105 cm³/mol. The molecule has 28 heavy (non-hydrogen) atoms. The van der Waals surface area contributed by atoms with Crippen LogP contribution in [-0.4, -0.2) is 71.8 Å². The number of hydrogen-bond acceptors (Lipinski definition) is 6. The summed E-state index contributed by atoms with van der Waals surface area (Å²) in [5.41, 5.74) is 2.12. The fourth-order valence-electron chi connectivity index (χ4n) is 3.98. The summed E-state index contributed by atoms with van der Waals surface area (Å²) in [6, 6.07) is 8.03. The van der Waals surface area contributed by atoms with Gasteiger partial charge < -0.3 is 14.2 Å². The van der Waals surface area contributed by atoms with Gasteiger partial charge in [-0.05, 0) is 25.3 Å². The zero-order chi connectivity index (χ0) is 19.3. The van der Waals surface area contributed by atoms with Crippen LogP contribution in [0, 0.1) is 6.92 Å². The van der Waals surface area contributed by atoms with Crippen molar-refractivity contribution < 1.29 is 14.1 Å². The highest BCUT2D eigenvalue weighted by Crippen LogP contribution is 2.29. The molecule has 2 aliphatic heterocycles. The number of piperidine rings is 1. The number of hydrogen-bond donors (Lipinski definition) is 0. The molecule has 2 aromatic rings. The molecular formula is C21H28N4O3. The van der Waals surface area contributed by atoms with Gasteiger partial charge in [0.15, 0.2) is 0 Å². The summed E-state index contributed by atoms with van der Waals surface area (Å²) >= 11 is 0. The smallest absolute Gasteiger partial charge is 0.231 e. The van der Waals surface area contributed by atoms with E-state index in [4.69, 9.17) is 9.26 Å². The lowest BCUT2D eigenvalue weighted by Crippen LogP contribution is -2.42. The minimum Gasteiger partial charge on any atom is -0.379 e. The van der Waals surface area contributed by atoms with Crippen molar-refractivity contribution in [1.82, 2.24) is 19.9 Å². The lowest BCUT2D eigenvalue weighted by molar-refractivity contribution is -0.134. The minimum absolute atomic E-state index is 0.117. The van der Waals surface area contributed by atoms with Crippen molar-refractivity contribution in [3.8, 4) is 11.4 Å². The standard InChI is InChI=1S/C21H28N4O3/c1-16-5-2-3-6-18(16)20-22-21(28-23-20)17-7-8-19(26)25(15-17)10-4-9-24-11-13-27-14-12-24/h2-3,5-6,17H,4,7-15H2,1H3. The van der Waals surface area contributed by atoms with Crippen LogP contribution < -0.4 is 0 Å². The van der Waals surface area contributed by atoms with Crippen LogP contribution in [0.4, 0.5) is 0 Å². The fraction of sp³-hybridized carbons (Fsp3) is 0.571. The van der Waals surface area contributed by atoms with Gasteiger partial charge in [0.2, 0.25) is 17.6 Å². The van der Waals surface area contributed by atoms with Crippen LogP contribution in [0.2, 0.25) is 0 Å². The van der Waals surface area contributed by atoms with E-state index < -0.39 is 0 Å². The maximum absolute atomic E-state index is 12.4. The lowest BCUT2D eigenvalue weighted by Gasteiger charge is -2.32. The molecule has 0 N–H and O–H groups in total. The summed E-state index contributed by atoms with van der Waals surface area (Å²) in [5.74, 6) is 1.62. The molecule has 0 radical (unpaired) electrons. The van der Waals surface area contributed by atoms with Gasteiger partial charge in [-0.3, -0.25) is 9.69 Å². The van der Waals surface area contributed by atoms with Gasteiger partial charge in [-0.25, -0.2) is 0 Å². The summed E-state index contributed by atoms with van der Waals surface area (Å²) in [7, 11) is 0. The first-order valence-electron chi connectivity index (χ1n) is 10.2. The first kappa shape index (κ1) is 19.1. The molecule has 150 valence electrons. The molecule has 2 aliphatic rings. The van der Waals surface area contributed by atoms with E-state index >= 15 is 0 Å². The summed E-state index contributed by atoms with van der Waals surface area (Å²) in [6.45, 7) is 8.09. The molecule has 1 amide bonds. The van der Waals surface area contributed by atoms with E-state index in [1.54, 1.807) is 0 Å². The molecule has 0 bridgehead atoms. The number of amides is 1. The van der Waals surface area contributed by atoms with Gasteiger partial charge in [0.05, 0.1) is 19.1 Å². The van der Waals surface area contributed by atoms with E-state index in [-0.39, 0.29) is 11.8 Å². The topological polar surface area (TPSA) is 71.7 Å². The number of likely N-dealkylation sites (tertiary alicyclic amines) is 1. The molecule has 0 saturated carbocycles. The van der Waals surface area contributed by atoms with Gasteiger partial charge in [0.1, 0.15) is 0 Å². The number of benzene rings is 1. The van der Waals surface area contributed by atoms with Crippen molar-refractivity contribution in [1.29, 1.82) is 0 Å². The molecule has 3 heterocycles. The second-order valence-electron chi connectivity index (χ2n) is 7.65. The second-order valence-corrected chi connectivity index (χ2v) is 7.65.